The summed E-state index contributed by atoms with van der Waals surface area (Å²) in [5.41, 5.74) is 1.10. The van der Waals surface area contributed by atoms with Crippen molar-refractivity contribution in [2.75, 3.05) is 18.0 Å². The van der Waals surface area contributed by atoms with E-state index in [0.717, 1.165) is 11.1 Å². The molecule has 2 heterocycles. The van der Waals surface area contributed by atoms with Crippen LogP contribution in [0.2, 0.25) is 5.02 Å². The Hall–Kier alpha value is -2.37. The van der Waals surface area contributed by atoms with Gasteiger partial charge in [-0.05, 0) is 36.8 Å². The SMILES string of the molecule is O=c1nc(N2CC[C@@H](O)C2)c2ccc(Cl)cc2n1-c1ccccc1. The van der Waals surface area contributed by atoms with E-state index < -0.39 is 0 Å². The normalized spacial score (nSPS) is 17.6. The van der Waals surface area contributed by atoms with E-state index >= 15 is 0 Å². The highest BCUT2D eigenvalue weighted by atomic mass is 35.5. The number of benzene rings is 2. The van der Waals surface area contributed by atoms with Crippen LogP contribution in [0.3, 0.4) is 0 Å². The third-order valence-electron chi connectivity index (χ3n) is 4.31. The van der Waals surface area contributed by atoms with E-state index in [-0.39, 0.29) is 11.8 Å². The molecular weight excluding hydrogens is 326 g/mol. The summed E-state index contributed by atoms with van der Waals surface area (Å²) >= 11 is 6.18. The largest absolute Gasteiger partial charge is 0.391 e. The van der Waals surface area contributed by atoms with Gasteiger partial charge in [0.25, 0.3) is 0 Å². The highest BCUT2D eigenvalue weighted by Crippen LogP contribution is 2.29. The molecule has 4 rings (SSSR count). The van der Waals surface area contributed by atoms with Crippen LogP contribution in [0.1, 0.15) is 6.42 Å². The number of aliphatic hydroxyl groups is 1. The zero-order chi connectivity index (χ0) is 16.7. The van der Waals surface area contributed by atoms with Gasteiger partial charge < -0.3 is 10.0 Å². The molecule has 0 unspecified atom stereocenters. The second-order valence-corrected chi connectivity index (χ2v) is 6.38. The highest BCUT2D eigenvalue weighted by Gasteiger charge is 2.24. The molecule has 1 N–H and O–H groups in total. The molecular formula is C18H16ClN3O2. The van der Waals surface area contributed by atoms with E-state index in [1.807, 2.05) is 41.3 Å². The Kier molecular flexibility index (Phi) is 3.75. The van der Waals surface area contributed by atoms with Crippen molar-refractivity contribution in [1.82, 2.24) is 9.55 Å². The monoisotopic (exact) mass is 341 g/mol. The Morgan fingerprint density at radius 1 is 1.17 bits per heavy atom. The predicted octanol–water partition coefficient (Wildman–Crippen LogP) is 2.61. The third kappa shape index (κ3) is 2.56. The molecule has 6 heteroatoms. The molecule has 3 aromatic rings. The van der Waals surface area contributed by atoms with Gasteiger partial charge in [0.05, 0.1) is 17.3 Å². The number of aromatic nitrogens is 2. The zero-order valence-corrected chi connectivity index (χ0v) is 13.6. The number of anilines is 1. The fourth-order valence-corrected chi connectivity index (χ4v) is 3.35. The van der Waals surface area contributed by atoms with Gasteiger partial charge in [-0.3, -0.25) is 4.57 Å². The van der Waals surface area contributed by atoms with Crippen LogP contribution in [0.15, 0.2) is 53.3 Å². The molecule has 0 radical (unpaired) electrons. The average Bonchev–Trinajstić information content (AvgIpc) is 3.01. The Morgan fingerprint density at radius 2 is 1.96 bits per heavy atom. The van der Waals surface area contributed by atoms with Crippen LogP contribution in [0.4, 0.5) is 5.82 Å². The van der Waals surface area contributed by atoms with Gasteiger partial charge in [-0.2, -0.15) is 4.98 Å². The summed E-state index contributed by atoms with van der Waals surface area (Å²) in [4.78, 5) is 19.0. The Bertz CT molecular complexity index is 956. The molecule has 0 spiro atoms. The average molecular weight is 342 g/mol. The van der Waals surface area contributed by atoms with Crippen LogP contribution in [0, 0.1) is 0 Å². The molecule has 0 saturated carbocycles. The summed E-state index contributed by atoms with van der Waals surface area (Å²) < 4.78 is 1.57. The number of halogens is 1. The molecule has 5 nitrogen and oxygen atoms in total. The number of hydrogen-bond acceptors (Lipinski definition) is 4. The Labute approximate surface area is 143 Å². The fourth-order valence-electron chi connectivity index (χ4n) is 3.18. The summed E-state index contributed by atoms with van der Waals surface area (Å²) in [5.74, 6) is 0.607. The van der Waals surface area contributed by atoms with Gasteiger partial charge in [-0.15, -0.1) is 0 Å². The molecule has 1 aromatic heterocycles. The molecule has 1 fully saturated rings. The molecule has 2 aromatic carbocycles. The van der Waals surface area contributed by atoms with E-state index in [1.54, 1.807) is 16.7 Å². The van der Waals surface area contributed by atoms with Crippen LogP contribution >= 0.6 is 11.6 Å². The minimum absolute atomic E-state index is 0.354. The van der Waals surface area contributed by atoms with Crippen LogP contribution in [0.25, 0.3) is 16.6 Å². The van der Waals surface area contributed by atoms with Crippen LogP contribution in [-0.2, 0) is 0 Å². The minimum atomic E-state index is -0.384. The van der Waals surface area contributed by atoms with Gasteiger partial charge in [0.15, 0.2) is 0 Å². The van der Waals surface area contributed by atoms with E-state index in [1.165, 1.54) is 0 Å². The second kappa shape index (κ2) is 5.92. The molecule has 0 bridgehead atoms. The number of aliphatic hydroxyl groups excluding tert-OH is 1. The number of β-amino-alcohol motifs (C(OH)–C–C–N with tert-alkyl or cyclic N) is 1. The van der Waals surface area contributed by atoms with Crippen molar-refractivity contribution in [3.8, 4) is 5.69 Å². The first-order valence-electron chi connectivity index (χ1n) is 7.84. The molecule has 1 atom stereocenters. The summed E-state index contributed by atoms with van der Waals surface area (Å²) in [6.07, 6.45) is 0.295. The maximum Gasteiger partial charge on any atom is 0.354 e. The first-order valence-corrected chi connectivity index (χ1v) is 8.22. The van der Waals surface area contributed by atoms with Gasteiger partial charge in [-0.1, -0.05) is 29.8 Å². The minimum Gasteiger partial charge on any atom is -0.391 e. The summed E-state index contributed by atoms with van der Waals surface area (Å²) in [5, 5.41) is 11.2. The predicted molar refractivity (Wildman–Crippen MR) is 95.2 cm³/mol. The highest BCUT2D eigenvalue weighted by molar-refractivity contribution is 6.31. The molecule has 0 amide bonds. The van der Waals surface area contributed by atoms with Gasteiger partial charge >= 0.3 is 5.69 Å². The van der Waals surface area contributed by atoms with Gasteiger partial charge in [-0.25, -0.2) is 4.79 Å². The first kappa shape index (κ1) is 15.2. The van der Waals surface area contributed by atoms with Crippen molar-refractivity contribution >= 4 is 28.3 Å². The summed E-state index contributed by atoms with van der Waals surface area (Å²) in [6, 6.07) is 14.8. The van der Waals surface area contributed by atoms with Crippen molar-refractivity contribution in [1.29, 1.82) is 0 Å². The lowest BCUT2D eigenvalue weighted by atomic mass is 10.2. The van der Waals surface area contributed by atoms with Crippen molar-refractivity contribution < 1.29 is 5.11 Å². The quantitative estimate of drug-likeness (QED) is 0.778. The maximum atomic E-state index is 12.7. The van der Waals surface area contributed by atoms with Crippen LogP contribution < -0.4 is 10.6 Å². The standard InChI is InChI=1S/C18H16ClN3O2/c19-12-6-7-15-16(10-12)22(13-4-2-1-3-5-13)18(24)20-17(15)21-9-8-14(23)11-21/h1-7,10,14,23H,8-9,11H2/t14-/m1/s1. The topological polar surface area (TPSA) is 58.4 Å². The summed E-state index contributed by atoms with van der Waals surface area (Å²) in [6.45, 7) is 1.17. The number of para-hydroxylation sites is 1. The molecule has 122 valence electrons. The lowest BCUT2D eigenvalue weighted by Gasteiger charge is -2.20. The Morgan fingerprint density at radius 3 is 2.67 bits per heavy atom. The van der Waals surface area contributed by atoms with Crippen LogP contribution in [-0.4, -0.2) is 33.9 Å². The number of nitrogens with zero attached hydrogens (tertiary/aromatic N) is 3. The molecule has 1 saturated heterocycles. The molecule has 1 aliphatic rings. The van der Waals surface area contributed by atoms with Gasteiger partial charge in [0.2, 0.25) is 0 Å². The second-order valence-electron chi connectivity index (χ2n) is 5.94. The number of rotatable bonds is 2. The van der Waals surface area contributed by atoms with Crippen molar-refractivity contribution in [3.63, 3.8) is 0 Å². The Balaban J connectivity index is 2.00. The lowest BCUT2D eigenvalue weighted by molar-refractivity contribution is 0.198. The molecule has 1 aliphatic heterocycles. The number of fused-ring (bicyclic) bond motifs is 1. The maximum absolute atomic E-state index is 12.7. The van der Waals surface area contributed by atoms with Crippen molar-refractivity contribution in [3.05, 3.63) is 64.0 Å². The van der Waals surface area contributed by atoms with Crippen molar-refractivity contribution in [2.45, 2.75) is 12.5 Å². The van der Waals surface area contributed by atoms with E-state index in [9.17, 15) is 9.90 Å². The first-order chi connectivity index (χ1) is 11.6. The lowest BCUT2D eigenvalue weighted by Crippen LogP contribution is -2.29. The third-order valence-corrected chi connectivity index (χ3v) is 4.55. The molecule has 0 aliphatic carbocycles. The van der Waals surface area contributed by atoms with Gasteiger partial charge in [0, 0.05) is 23.5 Å². The smallest absolute Gasteiger partial charge is 0.354 e. The van der Waals surface area contributed by atoms with Gasteiger partial charge in [0.1, 0.15) is 5.82 Å². The van der Waals surface area contributed by atoms with E-state index in [2.05, 4.69) is 4.98 Å². The van der Waals surface area contributed by atoms with E-state index in [4.69, 9.17) is 11.6 Å². The fraction of sp³-hybridized carbons (Fsp3) is 0.222. The molecule has 24 heavy (non-hydrogen) atoms. The zero-order valence-electron chi connectivity index (χ0n) is 12.9. The van der Waals surface area contributed by atoms with Crippen LogP contribution in [0.5, 0.6) is 0 Å². The van der Waals surface area contributed by atoms with Crippen molar-refractivity contribution in [2.24, 2.45) is 0 Å². The number of hydrogen-bond donors (Lipinski definition) is 1. The van der Waals surface area contributed by atoms with E-state index in [0.29, 0.717) is 35.9 Å². The summed E-state index contributed by atoms with van der Waals surface area (Å²) in [7, 11) is 0.